The van der Waals surface area contributed by atoms with Gasteiger partial charge in [0.1, 0.15) is 11.4 Å². The molecule has 0 fully saturated rings. The fraction of sp³-hybridized carbons (Fsp3) is 0.273. The lowest BCUT2D eigenvalue weighted by molar-refractivity contribution is -0.135. The van der Waals surface area contributed by atoms with Gasteiger partial charge >= 0.3 is 0 Å². The minimum Gasteiger partial charge on any atom is -0.493 e. The van der Waals surface area contributed by atoms with Gasteiger partial charge in [0.2, 0.25) is 0 Å². The molecule has 0 saturated carbocycles. The quantitative estimate of drug-likeness (QED) is 0.791. The second-order valence-electron chi connectivity index (χ2n) is 7.14. The topological polar surface area (TPSA) is 58.6 Å². The summed E-state index contributed by atoms with van der Waals surface area (Å²) in [5.74, 6) is 0.522. The SMILES string of the molecule is Cc1cccc(NC2=C(c3ccc(OCC(C)C)cc3)C(=O)N(C)C2=O)c1. The Kier molecular flexibility index (Phi) is 5.31. The van der Waals surface area contributed by atoms with Gasteiger partial charge in [-0.25, -0.2) is 0 Å². The Labute approximate surface area is 159 Å². The van der Waals surface area contributed by atoms with Crippen molar-refractivity contribution in [1.82, 2.24) is 4.90 Å². The first-order valence-electron chi connectivity index (χ1n) is 9.00. The molecule has 0 spiro atoms. The molecule has 1 aliphatic rings. The minimum absolute atomic E-state index is 0.295. The zero-order valence-corrected chi connectivity index (χ0v) is 16.1. The number of ether oxygens (including phenoxy) is 1. The molecule has 2 aromatic rings. The Morgan fingerprint density at radius 2 is 1.74 bits per heavy atom. The van der Waals surface area contributed by atoms with Gasteiger partial charge in [-0.15, -0.1) is 0 Å². The van der Waals surface area contributed by atoms with Crippen molar-refractivity contribution in [2.75, 3.05) is 19.0 Å². The van der Waals surface area contributed by atoms with Crippen LogP contribution in [0, 0.1) is 12.8 Å². The first kappa shape index (κ1) is 18.7. The summed E-state index contributed by atoms with van der Waals surface area (Å²) in [5.41, 5.74) is 3.20. The van der Waals surface area contributed by atoms with Gasteiger partial charge in [-0.3, -0.25) is 14.5 Å². The van der Waals surface area contributed by atoms with E-state index in [4.69, 9.17) is 4.74 Å². The second kappa shape index (κ2) is 7.66. The first-order chi connectivity index (χ1) is 12.9. The van der Waals surface area contributed by atoms with Gasteiger partial charge in [0, 0.05) is 12.7 Å². The lowest BCUT2D eigenvalue weighted by atomic mass is 10.0. The van der Waals surface area contributed by atoms with E-state index in [9.17, 15) is 9.59 Å². The Morgan fingerprint density at radius 3 is 2.37 bits per heavy atom. The average molecular weight is 364 g/mol. The first-order valence-corrected chi connectivity index (χ1v) is 9.00. The fourth-order valence-corrected chi connectivity index (χ4v) is 2.87. The Bertz CT molecular complexity index is 898. The highest BCUT2D eigenvalue weighted by molar-refractivity contribution is 6.36. The fourth-order valence-electron chi connectivity index (χ4n) is 2.87. The largest absolute Gasteiger partial charge is 0.493 e. The molecule has 0 atom stereocenters. The van der Waals surface area contributed by atoms with E-state index in [-0.39, 0.29) is 11.8 Å². The van der Waals surface area contributed by atoms with E-state index in [0.29, 0.717) is 29.4 Å². The molecule has 2 aromatic carbocycles. The number of rotatable bonds is 6. The van der Waals surface area contributed by atoms with Crippen molar-refractivity contribution in [1.29, 1.82) is 0 Å². The third-order valence-corrected chi connectivity index (χ3v) is 4.30. The van der Waals surface area contributed by atoms with Gasteiger partial charge in [-0.1, -0.05) is 38.1 Å². The molecule has 3 rings (SSSR count). The number of likely N-dealkylation sites (N-methyl/N-ethyl adjacent to an activating group) is 1. The smallest absolute Gasteiger partial charge is 0.277 e. The molecule has 0 saturated heterocycles. The van der Waals surface area contributed by atoms with Gasteiger partial charge < -0.3 is 10.1 Å². The molecule has 1 heterocycles. The molecule has 5 nitrogen and oxygen atoms in total. The standard InChI is InChI=1S/C22H24N2O3/c1-14(2)13-27-18-10-8-16(9-11-18)19-20(22(26)24(4)21(19)25)23-17-7-5-6-15(3)12-17/h5-12,14,23H,13H2,1-4H3. The van der Waals surface area contributed by atoms with Gasteiger partial charge in [0.05, 0.1) is 12.2 Å². The molecule has 140 valence electrons. The molecule has 5 heteroatoms. The van der Waals surface area contributed by atoms with Crippen LogP contribution in [0.3, 0.4) is 0 Å². The summed E-state index contributed by atoms with van der Waals surface area (Å²) in [6.45, 7) is 6.77. The molecule has 1 N–H and O–H groups in total. The van der Waals surface area contributed by atoms with Gasteiger partial charge in [0.15, 0.2) is 0 Å². The van der Waals surface area contributed by atoms with Crippen LogP contribution in [0.2, 0.25) is 0 Å². The van der Waals surface area contributed by atoms with E-state index in [0.717, 1.165) is 21.9 Å². The van der Waals surface area contributed by atoms with Crippen molar-refractivity contribution in [2.45, 2.75) is 20.8 Å². The van der Waals surface area contributed by atoms with Gasteiger partial charge in [-0.2, -0.15) is 0 Å². The Morgan fingerprint density at radius 1 is 1.04 bits per heavy atom. The van der Waals surface area contributed by atoms with E-state index in [1.165, 1.54) is 7.05 Å². The number of carbonyl (C=O) groups is 2. The van der Waals surface area contributed by atoms with Crippen LogP contribution < -0.4 is 10.1 Å². The van der Waals surface area contributed by atoms with E-state index >= 15 is 0 Å². The van der Waals surface area contributed by atoms with E-state index < -0.39 is 0 Å². The van der Waals surface area contributed by atoms with Crippen LogP contribution in [-0.4, -0.2) is 30.4 Å². The lowest BCUT2D eigenvalue weighted by Crippen LogP contribution is -2.27. The zero-order chi connectivity index (χ0) is 19.6. The summed E-state index contributed by atoms with van der Waals surface area (Å²) in [6, 6.07) is 15.0. The molecule has 0 unspecified atom stereocenters. The maximum absolute atomic E-state index is 12.7. The highest BCUT2D eigenvalue weighted by atomic mass is 16.5. The highest BCUT2D eigenvalue weighted by Crippen LogP contribution is 2.30. The lowest BCUT2D eigenvalue weighted by Gasteiger charge is -2.10. The number of nitrogens with one attached hydrogen (secondary N) is 1. The number of aryl methyl sites for hydroxylation is 1. The minimum atomic E-state index is -0.336. The molecule has 2 amide bonds. The molecule has 1 aliphatic heterocycles. The monoisotopic (exact) mass is 364 g/mol. The van der Waals surface area contributed by atoms with Gasteiger partial charge in [0.25, 0.3) is 11.8 Å². The van der Waals surface area contributed by atoms with Crippen molar-refractivity contribution < 1.29 is 14.3 Å². The van der Waals surface area contributed by atoms with Crippen molar-refractivity contribution >= 4 is 23.1 Å². The number of amides is 2. The molecular formula is C22H24N2O3. The average Bonchev–Trinajstić information content (AvgIpc) is 2.84. The van der Waals surface area contributed by atoms with Crippen LogP contribution >= 0.6 is 0 Å². The van der Waals surface area contributed by atoms with Crippen molar-refractivity contribution in [3.63, 3.8) is 0 Å². The van der Waals surface area contributed by atoms with E-state index in [1.54, 1.807) is 0 Å². The summed E-state index contributed by atoms with van der Waals surface area (Å²) in [5, 5.41) is 3.13. The molecular weight excluding hydrogens is 340 g/mol. The summed E-state index contributed by atoms with van der Waals surface area (Å²) in [7, 11) is 1.50. The number of benzene rings is 2. The molecule has 0 aromatic heterocycles. The molecule has 0 radical (unpaired) electrons. The Hall–Kier alpha value is -3.08. The number of nitrogens with zero attached hydrogens (tertiary/aromatic N) is 1. The predicted molar refractivity (Wildman–Crippen MR) is 106 cm³/mol. The summed E-state index contributed by atoms with van der Waals surface area (Å²) in [4.78, 5) is 26.4. The molecule has 0 bridgehead atoms. The highest BCUT2D eigenvalue weighted by Gasteiger charge is 2.36. The molecule has 27 heavy (non-hydrogen) atoms. The number of hydrogen-bond donors (Lipinski definition) is 1. The maximum atomic E-state index is 12.7. The third kappa shape index (κ3) is 4.03. The van der Waals surface area contributed by atoms with Gasteiger partial charge in [-0.05, 0) is 48.2 Å². The zero-order valence-electron chi connectivity index (χ0n) is 16.1. The number of carbonyl (C=O) groups excluding carboxylic acids is 2. The number of hydrogen-bond acceptors (Lipinski definition) is 4. The number of anilines is 1. The summed E-state index contributed by atoms with van der Waals surface area (Å²) >= 11 is 0. The maximum Gasteiger partial charge on any atom is 0.277 e. The van der Waals surface area contributed by atoms with Crippen LogP contribution in [0.1, 0.15) is 25.0 Å². The van der Waals surface area contributed by atoms with Crippen LogP contribution in [0.5, 0.6) is 5.75 Å². The predicted octanol–water partition coefficient (Wildman–Crippen LogP) is 3.85. The van der Waals surface area contributed by atoms with Crippen molar-refractivity contribution in [2.24, 2.45) is 5.92 Å². The Balaban J connectivity index is 1.94. The van der Waals surface area contributed by atoms with Crippen molar-refractivity contribution in [3.05, 3.63) is 65.4 Å². The van der Waals surface area contributed by atoms with Crippen molar-refractivity contribution in [3.8, 4) is 5.75 Å². The van der Waals surface area contributed by atoms with E-state index in [2.05, 4.69) is 19.2 Å². The summed E-state index contributed by atoms with van der Waals surface area (Å²) < 4.78 is 5.70. The second-order valence-corrected chi connectivity index (χ2v) is 7.14. The van der Waals surface area contributed by atoms with Crippen LogP contribution in [0.4, 0.5) is 5.69 Å². The normalized spacial score (nSPS) is 14.3. The third-order valence-electron chi connectivity index (χ3n) is 4.30. The summed E-state index contributed by atoms with van der Waals surface area (Å²) in [6.07, 6.45) is 0. The van der Waals surface area contributed by atoms with Crippen LogP contribution in [0.25, 0.3) is 5.57 Å². The van der Waals surface area contributed by atoms with Crippen LogP contribution in [0.15, 0.2) is 54.2 Å². The van der Waals surface area contributed by atoms with Crippen LogP contribution in [-0.2, 0) is 9.59 Å². The molecule has 0 aliphatic carbocycles. The van der Waals surface area contributed by atoms with E-state index in [1.807, 2.05) is 55.5 Å². The number of imide groups is 1.